The molecular weight excluding hydrogens is 138 g/mol. The summed E-state index contributed by atoms with van der Waals surface area (Å²) in [7, 11) is 0. The molecule has 0 spiro atoms. The van der Waals surface area contributed by atoms with Crippen LogP contribution in [-0.2, 0) is 13.0 Å². The van der Waals surface area contributed by atoms with Gasteiger partial charge in [-0.05, 0) is 6.42 Å². The Morgan fingerprint density at radius 1 is 1.73 bits per heavy atom. The van der Waals surface area contributed by atoms with Gasteiger partial charge in [-0.15, -0.1) is 0 Å². The van der Waals surface area contributed by atoms with Crippen LogP contribution in [0.5, 0.6) is 0 Å². The minimum Gasteiger partial charge on any atom is -0.370 e. The molecule has 1 aliphatic heterocycles. The Morgan fingerprint density at radius 3 is 3.45 bits per heavy atom. The summed E-state index contributed by atoms with van der Waals surface area (Å²) in [5.74, 6) is 2.39. The minimum absolute atomic E-state index is 1.03. The Balaban J connectivity index is 2.38. The fraction of sp³-hybridized carbons (Fsp3) is 0.625. The maximum Gasteiger partial charge on any atom is 0.126 e. The maximum atomic E-state index is 4.32. The highest BCUT2D eigenvalue weighted by molar-refractivity contribution is 5.36. The van der Waals surface area contributed by atoms with Gasteiger partial charge in [0.15, 0.2) is 0 Å². The molecule has 60 valence electrons. The second-order valence-corrected chi connectivity index (χ2v) is 2.85. The predicted molar refractivity (Wildman–Crippen MR) is 44.7 cm³/mol. The summed E-state index contributed by atoms with van der Waals surface area (Å²) in [6.45, 7) is 4.37. The van der Waals surface area contributed by atoms with Gasteiger partial charge in [-0.2, -0.15) is 0 Å². The molecule has 0 saturated heterocycles. The molecule has 0 amide bonds. The molecule has 2 heterocycles. The van der Waals surface area contributed by atoms with Crippen molar-refractivity contribution in [2.24, 2.45) is 0 Å². The number of hydrogen-bond acceptors (Lipinski definition) is 2. The van der Waals surface area contributed by atoms with Crippen molar-refractivity contribution in [1.29, 1.82) is 0 Å². The monoisotopic (exact) mass is 151 g/mol. The van der Waals surface area contributed by atoms with Gasteiger partial charge in [-0.25, -0.2) is 4.98 Å². The fourth-order valence-electron chi connectivity index (χ4n) is 1.54. The fourth-order valence-corrected chi connectivity index (χ4v) is 1.54. The first-order chi connectivity index (χ1) is 5.42. The molecule has 0 fully saturated rings. The molecule has 1 aromatic heterocycles. The maximum absolute atomic E-state index is 4.32. The first kappa shape index (κ1) is 6.70. The number of anilines is 1. The van der Waals surface area contributed by atoms with Gasteiger partial charge in [-0.1, -0.05) is 6.92 Å². The molecule has 1 aromatic rings. The van der Waals surface area contributed by atoms with Crippen LogP contribution in [0.2, 0.25) is 0 Å². The average Bonchev–Trinajstić information content (AvgIpc) is 2.47. The average molecular weight is 151 g/mol. The highest BCUT2D eigenvalue weighted by atomic mass is 15.2. The number of nitrogens with one attached hydrogen (secondary N) is 1. The normalized spacial score (nSPS) is 15.7. The second-order valence-electron chi connectivity index (χ2n) is 2.85. The first-order valence-corrected chi connectivity index (χ1v) is 4.20. The van der Waals surface area contributed by atoms with Crippen molar-refractivity contribution in [1.82, 2.24) is 9.55 Å². The molecule has 2 rings (SSSR count). The number of hydrogen-bond donors (Lipinski definition) is 1. The Morgan fingerprint density at radius 2 is 2.64 bits per heavy atom. The number of aromatic nitrogens is 2. The van der Waals surface area contributed by atoms with Crippen LogP contribution in [0, 0.1) is 0 Å². The lowest BCUT2D eigenvalue weighted by Gasteiger charge is -2.17. The van der Waals surface area contributed by atoms with Crippen molar-refractivity contribution in [3.63, 3.8) is 0 Å². The summed E-state index contributed by atoms with van der Waals surface area (Å²) in [4.78, 5) is 4.32. The van der Waals surface area contributed by atoms with Crippen LogP contribution in [0.15, 0.2) is 6.20 Å². The van der Waals surface area contributed by atoms with E-state index in [4.69, 9.17) is 0 Å². The van der Waals surface area contributed by atoms with Gasteiger partial charge in [-0.3, -0.25) is 0 Å². The summed E-state index contributed by atoms with van der Waals surface area (Å²) in [6, 6.07) is 0. The minimum atomic E-state index is 1.03. The number of fused-ring (bicyclic) bond motifs is 1. The van der Waals surface area contributed by atoms with Crippen molar-refractivity contribution in [3.8, 4) is 0 Å². The molecular formula is C8H13N3. The molecule has 1 N–H and O–H groups in total. The topological polar surface area (TPSA) is 29.9 Å². The number of rotatable bonds is 1. The van der Waals surface area contributed by atoms with Gasteiger partial charge in [0.25, 0.3) is 0 Å². The molecule has 0 radical (unpaired) electrons. The molecule has 3 nitrogen and oxygen atoms in total. The Labute approximate surface area is 66.4 Å². The standard InChI is InChI=1S/C8H13N3/c1-2-7-10-6-8-9-4-3-5-11(7)8/h6,9H,2-5H2,1H3. The van der Waals surface area contributed by atoms with Crippen LogP contribution in [-0.4, -0.2) is 16.1 Å². The van der Waals surface area contributed by atoms with Gasteiger partial charge >= 0.3 is 0 Å². The lowest BCUT2D eigenvalue weighted by Crippen LogP contribution is -2.17. The molecule has 0 aromatic carbocycles. The molecule has 11 heavy (non-hydrogen) atoms. The number of imidazole rings is 1. The van der Waals surface area contributed by atoms with E-state index >= 15 is 0 Å². The smallest absolute Gasteiger partial charge is 0.126 e. The summed E-state index contributed by atoms with van der Waals surface area (Å²) >= 11 is 0. The highest BCUT2D eigenvalue weighted by Crippen LogP contribution is 2.16. The van der Waals surface area contributed by atoms with E-state index in [9.17, 15) is 0 Å². The summed E-state index contributed by atoms with van der Waals surface area (Å²) in [5, 5.41) is 3.32. The van der Waals surface area contributed by atoms with Crippen molar-refractivity contribution >= 4 is 5.82 Å². The highest BCUT2D eigenvalue weighted by Gasteiger charge is 2.10. The van der Waals surface area contributed by atoms with E-state index in [2.05, 4.69) is 21.8 Å². The van der Waals surface area contributed by atoms with Crippen LogP contribution in [0.1, 0.15) is 19.2 Å². The van der Waals surface area contributed by atoms with Crippen molar-refractivity contribution in [2.75, 3.05) is 11.9 Å². The largest absolute Gasteiger partial charge is 0.370 e. The third-order valence-electron chi connectivity index (χ3n) is 2.12. The Hall–Kier alpha value is -0.990. The quantitative estimate of drug-likeness (QED) is 0.655. The molecule has 0 unspecified atom stereocenters. The number of aryl methyl sites for hydroxylation is 1. The van der Waals surface area contributed by atoms with Gasteiger partial charge in [0.1, 0.15) is 11.6 Å². The molecule has 1 aliphatic rings. The van der Waals surface area contributed by atoms with E-state index in [1.165, 1.54) is 18.1 Å². The number of nitrogens with zero attached hydrogens (tertiary/aromatic N) is 2. The van der Waals surface area contributed by atoms with Crippen LogP contribution < -0.4 is 5.32 Å². The molecule has 3 heteroatoms. The zero-order valence-electron chi connectivity index (χ0n) is 6.80. The van der Waals surface area contributed by atoms with E-state index in [0.717, 1.165) is 19.5 Å². The van der Waals surface area contributed by atoms with Crippen LogP contribution in [0.3, 0.4) is 0 Å². The second kappa shape index (κ2) is 2.57. The summed E-state index contributed by atoms with van der Waals surface area (Å²) in [6.07, 6.45) is 4.18. The van der Waals surface area contributed by atoms with E-state index in [0.29, 0.717) is 0 Å². The molecule has 0 bridgehead atoms. The van der Waals surface area contributed by atoms with E-state index in [-0.39, 0.29) is 0 Å². The van der Waals surface area contributed by atoms with Crippen LogP contribution >= 0.6 is 0 Å². The van der Waals surface area contributed by atoms with Crippen molar-refractivity contribution in [2.45, 2.75) is 26.3 Å². The zero-order valence-corrected chi connectivity index (χ0v) is 6.80. The Kier molecular flexibility index (Phi) is 1.56. The molecule has 0 saturated carbocycles. The third-order valence-corrected chi connectivity index (χ3v) is 2.12. The van der Waals surface area contributed by atoms with Crippen LogP contribution in [0.4, 0.5) is 5.82 Å². The lowest BCUT2D eigenvalue weighted by molar-refractivity contribution is 0.603. The third kappa shape index (κ3) is 1.00. The van der Waals surface area contributed by atoms with Crippen LogP contribution in [0.25, 0.3) is 0 Å². The molecule has 0 atom stereocenters. The SMILES string of the molecule is CCc1ncc2n1CCCN2. The Bertz CT molecular complexity index is 238. The van der Waals surface area contributed by atoms with Gasteiger partial charge < -0.3 is 9.88 Å². The van der Waals surface area contributed by atoms with E-state index in [1.54, 1.807) is 0 Å². The van der Waals surface area contributed by atoms with Gasteiger partial charge in [0.05, 0.1) is 6.20 Å². The zero-order chi connectivity index (χ0) is 7.68. The first-order valence-electron chi connectivity index (χ1n) is 4.20. The lowest BCUT2D eigenvalue weighted by atomic mass is 10.3. The summed E-state index contributed by atoms with van der Waals surface area (Å²) < 4.78 is 2.27. The summed E-state index contributed by atoms with van der Waals surface area (Å²) in [5.41, 5.74) is 0. The van der Waals surface area contributed by atoms with Gasteiger partial charge in [0, 0.05) is 19.5 Å². The van der Waals surface area contributed by atoms with Crippen molar-refractivity contribution < 1.29 is 0 Å². The van der Waals surface area contributed by atoms with E-state index in [1.807, 2.05) is 6.20 Å². The van der Waals surface area contributed by atoms with Crippen molar-refractivity contribution in [3.05, 3.63) is 12.0 Å². The van der Waals surface area contributed by atoms with E-state index < -0.39 is 0 Å². The predicted octanol–water partition coefficient (Wildman–Crippen LogP) is 1.26. The van der Waals surface area contributed by atoms with Gasteiger partial charge in [0.2, 0.25) is 0 Å². The molecule has 0 aliphatic carbocycles.